The standard InChI is InChI=1S/C24H32N4O6S/c1-5-18(2)25-24(30)19(3)26(15-14-20-10-7-6-8-11-20)23(29)17-27(35(4,33)34)21-12-9-13-22(16-21)28(31)32/h6-13,16,18-19H,5,14-15,17H2,1-4H3,(H,25,30). The Morgan fingerprint density at radius 3 is 2.31 bits per heavy atom. The molecule has 0 radical (unpaired) electrons. The molecule has 0 spiro atoms. The van der Waals surface area contributed by atoms with Crippen molar-refractivity contribution in [3.63, 3.8) is 0 Å². The van der Waals surface area contributed by atoms with Crippen LogP contribution in [0.25, 0.3) is 0 Å². The second-order valence-electron chi connectivity index (χ2n) is 8.36. The summed E-state index contributed by atoms with van der Waals surface area (Å²) in [6.07, 6.45) is 2.10. The molecule has 2 amide bonds. The number of hydrogen-bond donors (Lipinski definition) is 1. The van der Waals surface area contributed by atoms with Gasteiger partial charge in [0.05, 0.1) is 16.9 Å². The van der Waals surface area contributed by atoms with Crippen LogP contribution in [-0.4, -0.2) is 61.5 Å². The van der Waals surface area contributed by atoms with Crippen molar-refractivity contribution in [2.45, 2.75) is 45.7 Å². The third-order valence-corrected chi connectivity index (χ3v) is 6.80. The maximum absolute atomic E-state index is 13.4. The van der Waals surface area contributed by atoms with E-state index in [0.29, 0.717) is 12.8 Å². The van der Waals surface area contributed by atoms with E-state index in [-0.39, 0.29) is 29.9 Å². The molecular weight excluding hydrogens is 472 g/mol. The number of amides is 2. The van der Waals surface area contributed by atoms with Gasteiger partial charge in [0, 0.05) is 24.7 Å². The third-order valence-electron chi connectivity index (χ3n) is 5.66. The smallest absolute Gasteiger partial charge is 0.271 e. The van der Waals surface area contributed by atoms with Crippen molar-refractivity contribution in [3.8, 4) is 0 Å². The van der Waals surface area contributed by atoms with Gasteiger partial charge in [-0.05, 0) is 38.3 Å². The van der Waals surface area contributed by atoms with Gasteiger partial charge in [-0.3, -0.25) is 24.0 Å². The average Bonchev–Trinajstić information content (AvgIpc) is 2.82. The van der Waals surface area contributed by atoms with Gasteiger partial charge in [0.25, 0.3) is 5.69 Å². The van der Waals surface area contributed by atoms with E-state index in [9.17, 15) is 28.1 Å². The number of nitrogens with one attached hydrogen (secondary N) is 1. The second kappa shape index (κ2) is 12.3. The lowest BCUT2D eigenvalue weighted by Gasteiger charge is -2.32. The Morgan fingerprint density at radius 1 is 1.09 bits per heavy atom. The van der Waals surface area contributed by atoms with Crippen LogP contribution in [0.1, 0.15) is 32.8 Å². The summed E-state index contributed by atoms with van der Waals surface area (Å²) in [7, 11) is -3.96. The Labute approximate surface area is 206 Å². The number of nitrogens with zero attached hydrogens (tertiary/aromatic N) is 3. The summed E-state index contributed by atoms with van der Waals surface area (Å²) in [6, 6.07) is 13.5. The molecule has 11 heteroatoms. The molecule has 0 heterocycles. The lowest BCUT2D eigenvalue weighted by Crippen LogP contribution is -2.53. The van der Waals surface area contributed by atoms with Crippen molar-refractivity contribution in [3.05, 3.63) is 70.3 Å². The van der Waals surface area contributed by atoms with Crippen molar-refractivity contribution in [2.75, 3.05) is 23.7 Å². The highest BCUT2D eigenvalue weighted by molar-refractivity contribution is 7.92. The fraction of sp³-hybridized carbons (Fsp3) is 0.417. The van der Waals surface area contributed by atoms with E-state index in [0.717, 1.165) is 22.2 Å². The second-order valence-corrected chi connectivity index (χ2v) is 10.3. The molecule has 1 N–H and O–H groups in total. The van der Waals surface area contributed by atoms with E-state index in [1.807, 2.05) is 44.2 Å². The number of anilines is 1. The molecular formula is C24H32N4O6S. The van der Waals surface area contributed by atoms with Crippen molar-refractivity contribution < 1.29 is 22.9 Å². The molecule has 0 bridgehead atoms. The van der Waals surface area contributed by atoms with Crippen molar-refractivity contribution in [1.29, 1.82) is 0 Å². The molecule has 0 aliphatic rings. The molecule has 0 saturated heterocycles. The molecule has 10 nitrogen and oxygen atoms in total. The molecule has 190 valence electrons. The summed E-state index contributed by atoms with van der Waals surface area (Å²) in [4.78, 5) is 38.1. The predicted molar refractivity (Wildman–Crippen MR) is 135 cm³/mol. The minimum atomic E-state index is -3.96. The van der Waals surface area contributed by atoms with Gasteiger partial charge in [-0.2, -0.15) is 0 Å². The summed E-state index contributed by atoms with van der Waals surface area (Å²) >= 11 is 0. The van der Waals surface area contributed by atoms with E-state index >= 15 is 0 Å². The number of carbonyl (C=O) groups excluding carboxylic acids is 2. The summed E-state index contributed by atoms with van der Waals surface area (Å²) in [6.45, 7) is 4.96. The van der Waals surface area contributed by atoms with Crippen molar-refractivity contribution in [2.24, 2.45) is 0 Å². The summed E-state index contributed by atoms with van der Waals surface area (Å²) in [5.41, 5.74) is 0.652. The minimum absolute atomic E-state index is 0.00484. The molecule has 0 fully saturated rings. The Balaban J connectivity index is 2.35. The van der Waals surface area contributed by atoms with Gasteiger partial charge < -0.3 is 10.2 Å². The van der Waals surface area contributed by atoms with Crippen LogP contribution >= 0.6 is 0 Å². The molecule has 0 aliphatic carbocycles. The number of benzene rings is 2. The molecule has 35 heavy (non-hydrogen) atoms. The Hall–Kier alpha value is -3.47. The quantitative estimate of drug-likeness (QED) is 0.349. The Morgan fingerprint density at radius 2 is 1.74 bits per heavy atom. The van der Waals surface area contributed by atoms with E-state index < -0.39 is 33.4 Å². The Bertz CT molecular complexity index is 1140. The Kier molecular flexibility index (Phi) is 9.76. The normalized spacial score (nSPS) is 12.9. The zero-order chi connectivity index (χ0) is 26.2. The number of nitro groups is 1. The molecule has 0 aliphatic heterocycles. The van der Waals surface area contributed by atoms with Crippen LogP contribution in [0.3, 0.4) is 0 Å². The lowest BCUT2D eigenvalue weighted by atomic mass is 10.1. The van der Waals surface area contributed by atoms with Gasteiger partial charge in [-0.25, -0.2) is 8.42 Å². The van der Waals surface area contributed by atoms with Gasteiger partial charge in [0.15, 0.2) is 0 Å². The lowest BCUT2D eigenvalue weighted by molar-refractivity contribution is -0.384. The molecule has 2 unspecified atom stereocenters. The summed E-state index contributed by atoms with van der Waals surface area (Å²) < 4.78 is 25.9. The molecule has 0 aromatic heterocycles. The van der Waals surface area contributed by atoms with E-state index in [1.54, 1.807) is 6.92 Å². The van der Waals surface area contributed by atoms with Gasteiger partial charge >= 0.3 is 0 Å². The van der Waals surface area contributed by atoms with Gasteiger partial charge in [0.1, 0.15) is 12.6 Å². The van der Waals surface area contributed by atoms with E-state index in [1.165, 1.54) is 23.1 Å². The zero-order valence-electron chi connectivity index (χ0n) is 20.4. The van der Waals surface area contributed by atoms with Crippen LogP contribution in [0.4, 0.5) is 11.4 Å². The first kappa shape index (κ1) is 27.8. The van der Waals surface area contributed by atoms with E-state index in [4.69, 9.17) is 0 Å². The largest absolute Gasteiger partial charge is 0.352 e. The van der Waals surface area contributed by atoms with Gasteiger partial charge in [-0.15, -0.1) is 0 Å². The predicted octanol–water partition coefficient (Wildman–Crippen LogP) is 2.74. The van der Waals surface area contributed by atoms with E-state index in [2.05, 4.69) is 5.32 Å². The highest BCUT2D eigenvalue weighted by Gasteiger charge is 2.30. The fourth-order valence-electron chi connectivity index (χ4n) is 3.41. The number of sulfonamides is 1. The fourth-order valence-corrected chi connectivity index (χ4v) is 4.25. The van der Waals surface area contributed by atoms with Crippen LogP contribution in [0, 0.1) is 10.1 Å². The third kappa shape index (κ3) is 8.06. The number of non-ortho nitro benzene ring substituents is 1. The number of nitro benzene ring substituents is 1. The SMILES string of the molecule is CCC(C)NC(=O)C(C)N(CCc1ccccc1)C(=O)CN(c1cccc([N+](=O)[O-])c1)S(C)(=O)=O. The van der Waals surface area contributed by atoms with Crippen LogP contribution in [0.5, 0.6) is 0 Å². The van der Waals surface area contributed by atoms with Crippen molar-refractivity contribution >= 4 is 33.2 Å². The monoisotopic (exact) mass is 504 g/mol. The summed E-state index contributed by atoms with van der Waals surface area (Å²) in [5.74, 6) is -0.938. The minimum Gasteiger partial charge on any atom is -0.352 e. The maximum Gasteiger partial charge on any atom is 0.271 e. The average molecular weight is 505 g/mol. The van der Waals surface area contributed by atoms with Crippen LogP contribution in [-0.2, 0) is 26.0 Å². The molecule has 2 rings (SSSR count). The highest BCUT2D eigenvalue weighted by atomic mass is 32.2. The molecule has 0 saturated carbocycles. The topological polar surface area (TPSA) is 130 Å². The highest BCUT2D eigenvalue weighted by Crippen LogP contribution is 2.23. The van der Waals surface area contributed by atoms with Crippen LogP contribution in [0.2, 0.25) is 0 Å². The zero-order valence-corrected chi connectivity index (χ0v) is 21.2. The number of hydrogen-bond acceptors (Lipinski definition) is 6. The van der Waals surface area contributed by atoms with Crippen LogP contribution in [0.15, 0.2) is 54.6 Å². The number of rotatable bonds is 12. The molecule has 2 aromatic carbocycles. The first-order valence-electron chi connectivity index (χ1n) is 11.3. The first-order valence-corrected chi connectivity index (χ1v) is 13.1. The molecule has 2 aromatic rings. The summed E-state index contributed by atoms with van der Waals surface area (Å²) in [5, 5.41) is 14.0. The van der Waals surface area contributed by atoms with Crippen LogP contribution < -0.4 is 9.62 Å². The number of carbonyl (C=O) groups is 2. The van der Waals surface area contributed by atoms with Gasteiger partial charge in [0.2, 0.25) is 21.8 Å². The van der Waals surface area contributed by atoms with Gasteiger partial charge in [-0.1, -0.05) is 43.3 Å². The first-order chi connectivity index (χ1) is 16.4. The maximum atomic E-state index is 13.4. The van der Waals surface area contributed by atoms with Crippen molar-refractivity contribution in [1.82, 2.24) is 10.2 Å². The molecule has 2 atom stereocenters.